The first-order valence-electron chi connectivity index (χ1n) is 6.34. The lowest BCUT2D eigenvalue weighted by Gasteiger charge is -2.30. The molecule has 0 saturated carbocycles. The lowest BCUT2D eigenvalue weighted by Crippen LogP contribution is -2.47. The number of sulfonamides is 1. The van der Waals surface area contributed by atoms with Crippen molar-refractivity contribution in [3.8, 4) is 0 Å². The van der Waals surface area contributed by atoms with Gasteiger partial charge in [0.1, 0.15) is 0 Å². The van der Waals surface area contributed by atoms with Crippen LogP contribution < -0.4 is 5.32 Å². The lowest BCUT2D eigenvalue weighted by atomic mass is 10.2. The average molecular weight is 268 g/mol. The molecule has 1 aliphatic rings. The van der Waals surface area contributed by atoms with Crippen molar-refractivity contribution in [3.05, 3.63) is 35.9 Å². The van der Waals surface area contributed by atoms with Crippen molar-refractivity contribution in [1.29, 1.82) is 0 Å². The minimum atomic E-state index is -3.14. The molecule has 1 fully saturated rings. The number of rotatable bonds is 2. The minimum absolute atomic E-state index is 0.00416. The fourth-order valence-electron chi connectivity index (χ4n) is 2.20. The summed E-state index contributed by atoms with van der Waals surface area (Å²) in [7, 11) is -3.14. The molecule has 2 rings (SSSR count). The molecular formula is C13H20N2O2S. The third kappa shape index (κ3) is 3.31. The molecule has 0 aliphatic carbocycles. The van der Waals surface area contributed by atoms with E-state index in [9.17, 15) is 8.42 Å². The number of benzene rings is 1. The van der Waals surface area contributed by atoms with Gasteiger partial charge in [-0.15, -0.1) is 0 Å². The van der Waals surface area contributed by atoms with Gasteiger partial charge in [-0.3, -0.25) is 0 Å². The summed E-state index contributed by atoms with van der Waals surface area (Å²) in [5, 5.41) is 3.28. The summed E-state index contributed by atoms with van der Waals surface area (Å²) in [5.74, 6) is 0.233. The molecule has 4 nitrogen and oxygen atoms in total. The number of nitrogens with one attached hydrogen (secondary N) is 1. The Morgan fingerprint density at radius 3 is 2.78 bits per heavy atom. The van der Waals surface area contributed by atoms with E-state index in [-0.39, 0.29) is 11.8 Å². The van der Waals surface area contributed by atoms with Crippen LogP contribution in [0.1, 0.15) is 18.9 Å². The van der Waals surface area contributed by atoms with E-state index in [0.29, 0.717) is 19.5 Å². The van der Waals surface area contributed by atoms with Crippen LogP contribution in [0.15, 0.2) is 30.3 Å². The first kappa shape index (κ1) is 13.5. The fraction of sp³-hybridized carbons (Fsp3) is 0.538. The van der Waals surface area contributed by atoms with Crippen molar-refractivity contribution in [2.45, 2.75) is 25.9 Å². The Bertz CT molecular complexity index is 473. The Balaban J connectivity index is 2.20. The molecule has 1 unspecified atom stereocenters. The molecule has 1 heterocycles. The predicted octanol–water partition coefficient (Wildman–Crippen LogP) is 1.20. The Morgan fingerprint density at radius 1 is 1.33 bits per heavy atom. The van der Waals surface area contributed by atoms with Crippen molar-refractivity contribution >= 4 is 10.0 Å². The van der Waals surface area contributed by atoms with Gasteiger partial charge in [0.2, 0.25) is 10.0 Å². The maximum atomic E-state index is 12.3. The molecule has 1 atom stereocenters. The smallest absolute Gasteiger partial charge is 0.214 e. The summed E-state index contributed by atoms with van der Waals surface area (Å²) in [4.78, 5) is 0. The molecule has 1 saturated heterocycles. The topological polar surface area (TPSA) is 49.4 Å². The summed E-state index contributed by atoms with van der Waals surface area (Å²) < 4.78 is 26.2. The number of hydrogen-bond donors (Lipinski definition) is 1. The number of nitrogens with zero attached hydrogens (tertiary/aromatic N) is 1. The van der Waals surface area contributed by atoms with Crippen molar-refractivity contribution in [3.63, 3.8) is 0 Å². The zero-order chi connectivity index (χ0) is 13.0. The van der Waals surface area contributed by atoms with Crippen molar-refractivity contribution in [2.75, 3.05) is 18.8 Å². The second-order valence-electron chi connectivity index (χ2n) is 4.75. The molecule has 1 aliphatic heterocycles. The normalized spacial score (nSPS) is 25.3. The van der Waals surface area contributed by atoms with Crippen molar-refractivity contribution in [1.82, 2.24) is 9.62 Å². The van der Waals surface area contributed by atoms with Gasteiger partial charge in [-0.25, -0.2) is 8.42 Å². The molecule has 18 heavy (non-hydrogen) atoms. The van der Waals surface area contributed by atoms with Crippen LogP contribution in [0.25, 0.3) is 0 Å². The Labute approximate surface area is 109 Å². The molecule has 0 bridgehead atoms. The SMILES string of the molecule is CC1CNCCCS(=O)(=O)N1Cc1ccccc1. The van der Waals surface area contributed by atoms with Gasteiger partial charge in [0.25, 0.3) is 0 Å². The van der Waals surface area contributed by atoms with E-state index in [2.05, 4.69) is 5.32 Å². The Morgan fingerprint density at radius 2 is 2.06 bits per heavy atom. The quantitative estimate of drug-likeness (QED) is 0.877. The molecule has 0 radical (unpaired) electrons. The van der Waals surface area contributed by atoms with E-state index in [0.717, 1.165) is 12.1 Å². The van der Waals surface area contributed by atoms with Gasteiger partial charge in [-0.1, -0.05) is 30.3 Å². The number of hydrogen-bond acceptors (Lipinski definition) is 3. The minimum Gasteiger partial charge on any atom is -0.315 e. The highest BCUT2D eigenvalue weighted by atomic mass is 32.2. The third-order valence-electron chi connectivity index (χ3n) is 3.23. The zero-order valence-electron chi connectivity index (χ0n) is 10.7. The van der Waals surface area contributed by atoms with Crippen LogP contribution in [0.5, 0.6) is 0 Å². The summed E-state index contributed by atoms with van der Waals surface area (Å²) in [6, 6.07) is 9.75. The highest BCUT2D eigenvalue weighted by molar-refractivity contribution is 7.89. The molecular weight excluding hydrogens is 248 g/mol. The molecule has 5 heteroatoms. The third-order valence-corrected chi connectivity index (χ3v) is 5.23. The fourth-order valence-corrected chi connectivity index (χ4v) is 3.91. The van der Waals surface area contributed by atoms with Gasteiger partial charge < -0.3 is 5.32 Å². The van der Waals surface area contributed by atoms with Gasteiger partial charge in [-0.2, -0.15) is 4.31 Å². The predicted molar refractivity (Wildman–Crippen MR) is 72.7 cm³/mol. The molecule has 0 amide bonds. The highest BCUT2D eigenvalue weighted by Gasteiger charge is 2.28. The average Bonchev–Trinajstić information content (AvgIpc) is 2.35. The second kappa shape index (κ2) is 5.82. The van der Waals surface area contributed by atoms with Gasteiger partial charge >= 0.3 is 0 Å². The molecule has 0 aromatic heterocycles. The van der Waals surface area contributed by atoms with Gasteiger partial charge in [-0.05, 0) is 25.5 Å². The van der Waals surface area contributed by atoms with E-state index in [1.54, 1.807) is 4.31 Å². The summed E-state index contributed by atoms with van der Waals surface area (Å²) in [6.07, 6.45) is 0.681. The van der Waals surface area contributed by atoms with E-state index in [4.69, 9.17) is 0 Å². The molecule has 0 spiro atoms. The molecule has 1 aromatic rings. The van der Waals surface area contributed by atoms with Crippen LogP contribution in [0.2, 0.25) is 0 Å². The van der Waals surface area contributed by atoms with Crippen LogP contribution in [-0.2, 0) is 16.6 Å². The second-order valence-corrected chi connectivity index (χ2v) is 6.79. The highest BCUT2D eigenvalue weighted by Crippen LogP contribution is 2.15. The van der Waals surface area contributed by atoms with Crippen LogP contribution in [0.3, 0.4) is 0 Å². The van der Waals surface area contributed by atoms with E-state index in [1.165, 1.54) is 0 Å². The van der Waals surface area contributed by atoms with Crippen LogP contribution in [0.4, 0.5) is 0 Å². The Hall–Kier alpha value is -0.910. The first-order chi connectivity index (χ1) is 8.59. The lowest BCUT2D eigenvalue weighted by molar-refractivity contribution is 0.312. The standard InChI is InChI=1S/C13H20N2O2S/c1-12-10-14-8-5-9-18(16,17)15(12)11-13-6-3-2-4-7-13/h2-4,6-7,12,14H,5,8-11H2,1H3. The van der Waals surface area contributed by atoms with Crippen LogP contribution in [0, 0.1) is 0 Å². The van der Waals surface area contributed by atoms with Crippen LogP contribution >= 0.6 is 0 Å². The van der Waals surface area contributed by atoms with E-state index in [1.807, 2.05) is 37.3 Å². The van der Waals surface area contributed by atoms with Crippen LogP contribution in [-0.4, -0.2) is 37.6 Å². The van der Waals surface area contributed by atoms with Crippen molar-refractivity contribution < 1.29 is 8.42 Å². The van der Waals surface area contributed by atoms with Crippen molar-refractivity contribution in [2.24, 2.45) is 0 Å². The largest absolute Gasteiger partial charge is 0.315 e. The monoisotopic (exact) mass is 268 g/mol. The van der Waals surface area contributed by atoms with Gasteiger partial charge in [0.05, 0.1) is 5.75 Å². The maximum absolute atomic E-state index is 12.3. The summed E-state index contributed by atoms with van der Waals surface area (Å²) in [5.41, 5.74) is 1.04. The zero-order valence-corrected chi connectivity index (χ0v) is 11.5. The molecule has 1 N–H and O–H groups in total. The summed E-state index contributed by atoms with van der Waals surface area (Å²) >= 11 is 0. The van der Waals surface area contributed by atoms with Gasteiger partial charge in [0, 0.05) is 19.1 Å². The van der Waals surface area contributed by atoms with E-state index >= 15 is 0 Å². The first-order valence-corrected chi connectivity index (χ1v) is 7.95. The summed E-state index contributed by atoms with van der Waals surface area (Å²) in [6.45, 7) is 3.92. The van der Waals surface area contributed by atoms with Gasteiger partial charge in [0.15, 0.2) is 0 Å². The maximum Gasteiger partial charge on any atom is 0.214 e. The van der Waals surface area contributed by atoms with E-state index < -0.39 is 10.0 Å². The molecule has 1 aromatic carbocycles. The molecule has 100 valence electrons. The Kier molecular flexibility index (Phi) is 4.37.